The van der Waals surface area contributed by atoms with Crippen molar-refractivity contribution in [1.82, 2.24) is 10.2 Å². The highest BCUT2D eigenvalue weighted by Crippen LogP contribution is 2.32. The van der Waals surface area contributed by atoms with Gasteiger partial charge in [-0.1, -0.05) is 30.3 Å². The number of rotatable bonds is 12. The Morgan fingerprint density at radius 1 is 0.929 bits per heavy atom. The van der Waals surface area contributed by atoms with Crippen molar-refractivity contribution in [1.29, 1.82) is 0 Å². The molecule has 42 heavy (non-hydrogen) atoms. The molecule has 222 valence electrons. The summed E-state index contributed by atoms with van der Waals surface area (Å²) in [5.41, 5.74) is 6.32. The van der Waals surface area contributed by atoms with Gasteiger partial charge >= 0.3 is 0 Å². The number of halogens is 3. The first kappa shape index (κ1) is 29.7. The third kappa shape index (κ3) is 7.16. The topological polar surface area (TPSA) is 50.8 Å². The Kier molecular flexibility index (Phi) is 9.52. The molecule has 0 unspecified atom stereocenters. The highest BCUT2D eigenvalue weighted by Gasteiger charge is 2.35. The van der Waals surface area contributed by atoms with E-state index in [0.29, 0.717) is 32.5 Å². The summed E-state index contributed by atoms with van der Waals surface area (Å²) in [6.07, 6.45) is 3.92. The van der Waals surface area contributed by atoms with E-state index >= 15 is 0 Å². The second kappa shape index (κ2) is 13.5. The minimum Gasteiger partial charge on any atom is -0.492 e. The lowest BCUT2D eigenvalue weighted by atomic mass is 9.92. The van der Waals surface area contributed by atoms with Crippen LogP contribution >= 0.6 is 0 Å². The Hall–Kier alpha value is -3.78. The number of hydrogen-bond acceptors (Lipinski definition) is 4. The molecule has 1 heterocycles. The highest BCUT2D eigenvalue weighted by molar-refractivity contribution is 6.02. The molecule has 5 nitrogen and oxygen atoms in total. The van der Waals surface area contributed by atoms with Gasteiger partial charge in [-0.25, -0.2) is 8.78 Å². The lowest BCUT2D eigenvalue weighted by Crippen LogP contribution is -2.41. The number of nitrogens with one attached hydrogen (secondary N) is 1. The van der Waals surface area contributed by atoms with Crippen LogP contribution in [0.1, 0.15) is 47.9 Å². The van der Waals surface area contributed by atoms with E-state index in [1.54, 1.807) is 0 Å². The standard InChI is InChI=1S/C34H37F3N2O3/c1-22-5-12-27(20-23(22)2)41-19-17-39(26-10-11-26)34(40)29-21-38-16-15-28(29)25-8-6-24(7-9-25)4-3-18-42-33-31(36)14-13-30(35)32(33)37/h5-9,12-14,20,26,38H,3-4,10-11,15-19,21H2,1-2H3. The first-order valence-electron chi connectivity index (χ1n) is 14.6. The average Bonchev–Trinajstić information content (AvgIpc) is 3.84. The number of nitrogens with zero attached hydrogens (tertiary/aromatic N) is 1. The van der Waals surface area contributed by atoms with Gasteiger partial charge in [-0.05, 0) is 105 Å². The van der Waals surface area contributed by atoms with Gasteiger partial charge in [0, 0.05) is 18.2 Å². The molecule has 1 saturated carbocycles. The lowest BCUT2D eigenvalue weighted by molar-refractivity contribution is -0.128. The van der Waals surface area contributed by atoms with E-state index in [4.69, 9.17) is 9.47 Å². The zero-order valence-corrected chi connectivity index (χ0v) is 24.2. The molecule has 1 aliphatic carbocycles. The van der Waals surface area contributed by atoms with Crippen molar-refractivity contribution in [2.75, 3.05) is 32.8 Å². The Labute approximate surface area is 245 Å². The number of benzene rings is 3. The average molecular weight is 579 g/mol. The van der Waals surface area contributed by atoms with Crippen molar-refractivity contribution in [2.24, 2.45) is 0 Å². The predicted molar refractivity (Wildman–Crippen MR) is 157 cm³/mol. The maximum absolute atomic E-state index is 13.8. The zero-order chi connectivity index (χ0) is 29.6. The summed E-state index contributed by atoms with van der Waals surface area (Å²) in [5.74, 6) is -3.17. The minimum atomic E-state index is -1.31. The molecule has 0 spiro atoms. The first-order valence-corrected chi connectivity index (χ1v) is 14.6. The van der Waals surface area contributed by atoms with Crippen LogP contribution in [0.15, 0.2) is 60.2 Å². The van der Waals surface area contributed by atoms with Gasteiger partial charge in [-0.2, -0.15) is 4.39 Å². The fraction of sp³-hybridized carbons (Fsp3) is 0.382. The molecule has 2 aliphatic rings. The summed E-state index contributed by atoms with van der Waals surface area (Å²) in [6, 6.07) is 16.0. The number of hydrogen-bond donors (Lipinski definition) is 1. The van der Waals surface area contributed by atoms with Crippen LogP contribution in [0.2, 0.25) is 0 Å². The predicted octanol–water partition coefficient (Wildman–Crippen LogP) is 6.55. The smallest absolute Gasteiger partial charge is 0.251 e. The van der Waals surface area contributed by atoms with Crippen LogP contribution < -0.4 is 14.8 Å². The van der Waals surface area contributed by atoms with Gasteiger partial charge in [0.05, 0.1) is 13.2 Å². The number of ether oxygens (including phenoxy) is 2. The molecule has 1 aliphatic heterocycles. The van der Waals surface area contributed by atoms with Crippen LogP contribution in [0.4, 0.5) is 13.2 Å². The van der Waals surface area contributed by atoms with Crippen molar-refractivity contribution in [3.05, 3.63) is 99.9 Å². The second-order valence-corrected chi connectivity index (χ2v) is 11.0. The summed E-state index contributed by atoms with van der Waals surface area (Å²) in [7, 11) is 0. The van der Waals surface area contributed by atoms with Crippen molar-refractivity contribution in [3.63, 3.8) is 0 Å². The normalized spacial score (nSPS) is 15.1. The van der Waals surface area contributed by atoms with Gasteiger partial charge in [0.15, 0.2) is 17.4 Å². The molecule has 8 heteroatoms. The molecule has 3 aromatic rings. The molecule has 0 bridgehead atoms. The Morgan fingerprint density at radius 2 is 1.69 bits per heavy atom. The number of amides is 1. The quantitative estimate of drug-likeness (QED) is 0.196. The van der Waals surface area contributed by atoms with Crippen LogP contribution in [0.3, 0.4) is 0 Å². The van der Waals surface area contributed by atoms with Gasteiger partial charge < -0.3 is 19.7 Å². The Balaban J connectivity index is 1.20. The van der Waals surface area contributed by atoms with Crippen molar-refractivity contribution in [2.45, 2.75) is 52.0 Å². The molecule has 3 aromatic carbocycles. The monoisotopic (exact) mass is 578 g/mol. The molecule has 0 radical (unpaired) electrons. The minimum absolute atomic E-state index is 0.0543. The van der Waals surface area contributed by atoms with Crippen molar-refractivity contribution >= 4 is 11.5 Å². The summed E-state index contributed by atoms with van der Waals surface area (Å²) < 4.78 is 52.1. The number of carbonyl (C=O) groups is 1. The molecule has 1 amide bonds. The highest BCUT2D eigenvalue weighted by atomic mass is 19.2. The third-order valence-electron chi connectivity index (χ3n) is 7.96. The Morgan fingerprint density at radius 3 is 2.43 bits per heavy atom. The SMILES string of the molecule is Cc1ccc(OCCN(C(=O)C2=C(c3ccc(CCCOc4c(F)ccc(F)c4F)cc3)CCNC2)C2CC2)cc1C. The fourth-order valence-electron chi connectivity index (χ4n) is 5.25. The van der Waals surface area contributed by atoms with E-state index in [2.05, 4.69) is 19.2 Å². The third-order valence-corrected chi connectivity index (χ3v) is 7.96. The van der Waals surface area contributed by atoms with Crippen LogP contribution in [0.5, 0.6) is 11.5 Å². The van der Waals surface area contributed by atoms with Crippen LogP contribution in [-0.2, 0) is 11.2 Å². The van der Waals surface area contributed by atoms with E-state index in [0.717, 1.165) is 66.0 Å². The van der Waals surface area contributed by atoms with E-state index in [1.165, 1.54) is 11.1 Å². The van der Waals surface area contributed by atoms with E-state index in [9.17, 15) is 18.0 Å². The summed E-state index contributed by atoms with van der Waals surface area (Å²) in [4.78, 5) is 15.8. The van der Waals surface area contributed by atoms with Gasteiger partial charge in [-0.15, -0.1) is 0 Å². The van der Waals surface area contributed by atoms with Gasteiger partial charge in [0.25, 0.3) is 5.91 Å². The van der Waals surface area contributed by atoms with Crippen LogP contribution in [-0.4, -0.2) is 49.7 Å². The van der Waals surface area contributed by atoms with Crippen LogP contribution in [0.25, 0.3) is 5.57 Å². The number of carbonyl (C=O) groups excluding carboxylic acids is 1. The van der Waals surface area contributed by atoms with Crippen LogP contribution in [0, 0.1) is 31.3 Å². The largest absolute Gasteiger partial charge is 0.492 e. The molecule has 0 saturated heterocycles. The zero-order valence-electron chi connectivity index (χ0n) is 24.2. The molecular weight excluding hydrogens is 541 g/mol. The second-order valence-electron chi connectivity index (χ2n) is 11.0. The van der Waals surface area contributed by atoms with E-state index in [-0.39, 0.29) is 18.6 Å². The molecule has 0 atom stereocenters. The number of aryl methyl sites for hydroxylation is 3. The Bertz CT molecular complexity index is 1450. The van der Waals surface area contributed by atoms with Crippen molar-refractivity contribution < 1.29 is 27.4 Å². The molecule has 5 rings (SSSR count). The van der Waals surface area contributed by atoms with Gasteiger partial charge in [0.1, 0.15) is 12.4 Å². The van der Waals surface area contributed by atoms with Gasteiger partial charge in [0.2, 0.25) is 5.82 Å². The van der Waals surface area contributed by atoms with E-state index < -0.39 is 23.2 Å². The fourth-order valence-corrected chi connectivity index (χ4v) is 5.25. The van der Waals surface area contributed by atoms with E-state index in [1.807, 2.05) is 47.4 Å². The summed E-state index contributed by atoms with van der Waals surface area (Å²) >= 11 is 0. The maximum Gasteiger partial charge on any atom is 0.251 e. The van der Waals surface area contributed by atoms with Crippen molar-refractivity contribution in [3.8, 4) is 11.5 Å². The molecule has 1 fully saturated rings. The molecule has 1 N–H and O–H groups in total. The molecule has 0 aromatic heterocycles. The first-order chi connectivity index (χ1) is 20.3. The summed E-state index contributed by atoms with van der Waals surface area (Å²) in [5, 5.41) is 3.37. The lowest BCUT2D eigenvalue weighted by Gasteiger charge is -2.28. The van der Waals surface area contributed by atoms with Gasteiger partial charge in [-0.3, -0.25) is 4.79 Å². The molecular formula is C34H37F3N2O3. The maximum atomic E-state index is 13.8. The summed E-state index contributed by atoms with van der Waals surface area (Å²) in [6.45, 7) is 6.50.